The van der Waals surface area contributed by atoms with E-state index in [1.165, 1.54) is 25.2 Å². The highest BCUT2D eigenvalue weighted by molar-refractivity contribution is 7.20. The summed E-state index contributed by atoms with van der Waals surface area (Å²) in [5.74, 6) is -1.09. The van der Waals surface area contributed by atoms with Gasteiger partial charge in [0.25, 0.3) is 5.91 Å². The normalized spacial score (nSPS) is 11.8. The number of nitrogens with one attached hydrogen (secondary N) is 1. The number of ketones is 1. The summed E-state index contributed by atoms with van der Waals surface area (Å²) in [6.45, 7) is 2.96. The molecule has 0 aliphatic rings. The van der Waals surface area contributed by atoms with Gasteiger partial charge in [-0.2, -0.15) is 0 Å². The third-order valence-corrected chi connectivity index (χ3v) is 4.91. The highest BCUT2D eigenvalue weighted by Crippen LogP contribution is 2.26. The number of carbonyl (C=O) groups excluding carboxylic acids is 3. The molecule has 2 aromatic carbocycles. The zero-order valence-electron chi connectivity index (χ0n) is 14.3. The summed E-state index contributed by atoms with van der Waals surface area (Å²) in [7, 11) is 0. The average molecular weight is 367 g/mol. The fourth-order valence-corrected chi connectivity index (χ4v) is 3.36. The van der Waals surface area contributed by atoms with Crippen LogP contribution in [0, 0.1) is 0 Å². The van der Waals surface area contributed by atoms with Crippen molar-refractivity contribution < 1.29 is 19.1 Å². The number of rotatable bonds is 5. The predicted molar refractivity (Wildman–Crippen MR) is 102 cm³/mol. The maximum absolute atomic E-state index is 12.3. The van der Waals surface area contributed by atoms with Gasteiger partial charge >= 0.3 is 5.97 Å². The van der Waals surface area contributed by atoms with Crippen molar-refractivity contribution in [1.82, 2.24) is 0 Å². The Balaban J connectivity index is 1.66. The van der Waals surface area contributed by atoms with Gasteiger partial charge < -0.3 is 10.1 Å². The maximum atomic E-state index is 12.3. The van der Waals surface area contributed by atoms with Gasteiger partial charge in [0.1, 0.15) is 4.88 Å². The van der Waals surface area contributed by atoms with E-state index in [2.05, 4.69) is 5.32 Å². The van der Waals surface area contributed by atoms with Crippen molar-refractivity contribution in [2.45, 2.75) is 20.0 Å². The SMILES string of the molecule is CC(=O)c1cccc(NC(=O)[C@@H](C)OC(=O)c2cc3ccccc3s2)c1. The quantitative estimate of drug-likeness (QED) is 0.539. The topological polar surface area (TPSA) is 72.5 Å². The minimum absolute atomic E-state index is 0.0923. The lowest BCUT2D eigenvalue weighted by atomic mass is 10.1. The van der Waals surface area contributed by atoms with Crippen LogP contribution in [0.25, 0.3) is 10.1 Å². The predicted octanol–water partition coefficient (Wildman–Crippen LogP) is 4.29. The van der Waals surface area contributed by atoms with Crippen molar-refractivity contribution in [2.75, 3.05) is 5.32 Å². The Labute approximate surface area is 154 Å². The number of benzene rings is 2. The lowest BCUT2D eigenvalue weighted by Crippen LogP contribution is -2.29. The largest absolute Gasteiger partial charge is 0.448 e. The van der Waals surface area contributed by atoms with E-state index in [1.807, 2.05) is 24.3 Å². The first kappa shape index (κ1) is 17.8. The van der Waals surface area contributed by atoms with Crippen molar-refractivity contribution in [3.63, 3.8) is 0 Å². The molecule has 0 radical (unpaired) electrons. The van der Waals surface area contributed by atoms with Crippen LogP contribution in [0.2, 0.25) is 0 Å². The summed E-state index contributed by atoms with van der Waals surface area (Å²) in [6, 6.07) is 16.0. The first-order valence-corrected chi connectivity index (χ1v) is 8.87. The van der Waals surface area contributed by atoms with Crippen molar-refractivity contribution in [3.05, 3.63) is 65.0 Å². The summed E-state index contributed by atoms with van der Waals surface area (Å²) in [5, 5.41) is 3.62. The average Bonchev–Trinajstić information content (AvgIpc) is 3.06. The van der Waals surface area contributed by atoms with E-state index in [1.54, 1.807) is 30.3 Å². The molecule has 3 aromatic rings. The van der Waals surface area contributed by atoms with Crippen LogP contribution in [-0.4, -0.2) is 23.8 Å². The van der Waals surface area contributed by atoms with Crippen LogP contribution in [-0.2, 0) is 9.53 Å². The molecule has 6 heteroatoms. The number of hydrogen-bond acceptors (Lipinski definition) is 5. The van der Waals surface area contributed by atoms with Gasteiger partial charge in [-0.1, -0.05) is 30.3 Å². The molecule has 0 aliphatic heterocycles. The molecule has 1 N–H and O–H groups in total. The van der Waals surface area contributed by atoms with Crippen LogP contribution < -0.4 is 5.32 Å². The fraction of sp³-hybridized carbons (Fsp3) is 0.150. The molecule has 0 saturated heterocycles. The summed E-state index contributed by atoms with van der Waals surface area (Å²) in [4.78, 5) is 36.4. The number of Topliss-reactive ketones (excluding diaryl/α,β-unsaturated/α-hetero) is 1. The monoisotopic (exact) mass is 367 g/mol. The number of hydrogen-bond donors (Lipinski definition) is 1. The Morgan fingerprint density at radius 1 is 1.04 bits per heavy atom. The molecule has 0 saturated carbocycles. The van der Waals surface area contributed by atoms with E-state index in [9.17, 15) is 14.4 Å². The number of thiophene rings is 1. The van der Waals surface area contributed by atoms with E-state index in [4.69, 9.17) is 4.74 Å². The van der Waals surface area contributed by atoms with E-state index in [0.29, 0.717) is 16.1 Å². The number of amides is 1. The maximum Gasteiger partial charge on any atom is 0.349 e. The van der Waals surface area contributed by atoms with E-state index in [-0.39, 0.29) is 5.78 Å². The Morgan fingerprint density at radius 3 is 2.54 bits per heavy atom. The molecule has 1 amide bonds. The van der Waals surface area contributed by atoms with E-state index < -0.39 is 18.0 Å². The molecular weight excluding hydrogens is 350 g/mol. The smallest absolute Gasteiger partial charge is 0.349 e. The van der Waals surface area contributed by atoms with Gasteiger partial charge in [0, 0.05) is 16.0 Å². The number of fused-ring (bicyclic) bond motifs is 1. The second kappa shape index (κ2) is 7.49. The highest BCUT2D eigenvalue weighted by atomic mass is 32.1. The van der Waals surface area contributed by atoms with Crippen molar-refractivity contribution >= 4 is 44.8 Å². The summed E-state index contributed by atoms with van der Waals surface area (Å²) < 4.78 is 6.25. The Morgan fingerprint density at radius 2 is 1.81 bits per heavy atom. The molecule has 3 rings (SSSR count). The van der Waals surface area contributed by atoms with Crippen LogP contribution in [0.15, 0.2) is 54.6 Å². The first-order chi connectivity index (χ1) is 12.4. The fourth-order valence-electron chi connectivity index (χ4n) is 2.41. The van der Waals surface area contributed by atoms with Crippen molar-refractivity contribution in [3.8, 4) is 0 Å². The molecule has 0 fully saturated rings. The lowest BCUT2D eigenvalue weighted by molar-refractivity contribution is -0.123. The third kappa shape index (κ3) is 3.97. The molecule has 0 unspecified atom stereocenters. The van der Waals surface area contributed by atoms with E-state index in [0.717, 1.165) is 10.1 Å². The first-order valence-electron chi connectivity index (χ1n) is 8.05. The number of ether oxygens (including phenoxy) is 1. The molecule has 0 bridgehead atoms. The summed E-state index contributed by atoms with van der Waals surface area (Å²) in [5.41, 5.74) is 0.977. The van der Waals surface area contributed by atoms with Crippen molar-refractivity contribution in [1.29, 1.82) is 0 Å². The molecular formula is C20H17NO4S. The highest BCUT2D eigenvalue weighted by Gasteiger charge is 2.20. The zero-order chi connectivity index (χ0) is 18.7. The molecule has 1 atom stereocenters. The molecule has 0 aliphatic carbocycles. The Hall–Kier alpha value is -2.99. The number of anilines is 1. The third-order valence-electron chi connectivity index (χ3n) is 3.82. The molecule has 0 spiro atoms. The van der Waals surface area contributed by atoms with Gasteiger partial charge in [-0.05, 0) is 43.5 Å². The van der Waals surface area contributed by atoms with Crippen LogP contribution in [0.1, 0.15) is 33.9 Å². The van der Waals surface area contributed by atoms with Crippen LogP contribution in [0.5, 0.6) is 0 Å². The van der Waals surface area contributed by atoms with Gasteiger partial charge in [0.15, 0.2) is 11.9 Å². The summed E-state index contributed by atoms with van der Waals surface area (Å²) >= 11 is 1.32. The van der Waals surface area contributed by atoms with Crippen LogP contribution in [0.3, 0.4) is 0 Å². The number of carbonyl (C=O) groups is 3. The van der Waals surface area contributed by atoms with Crippen LogP contribution in [0.4, 0.5) is 5.69 Å². The number of esters is 1. The molecule has 5 nitrogen and oxygen atoms in total. The van der Waals surface area contributed by atoms with Gasteiger partial charge in [0.2, 0.25) is 0 Å². The summed E-state index contributed by atoms with van der Waals surface area (Å²) in [6.07, 6.45) is -0.964. The van der Waals surface area contributed by atoms with Gasteiger partial charge in [0.05, 0.1) is 0 Å². The molecule has 1 heterocycles. The Kier molecular flexibility index (Phi) is 5.14. The zero-order valence-corrected chi connectivity index (χ0v) is 15.1. The van der Waals surface area contributed by atoms with Gasteiger partial charge in [-0.3, -0.25) is 9.59 Å². The van der Waals surface area contributed by atoms with Crippen LogP contribution >= 0.6 is 11.3 Å². The molecule has 26 heavy (non-hydrogen) atoms. The Bertz CT molecular complexity index is 959. The van der Waals surface area contributed by atoms with E-state index >= 15 is 0 Å². The second-order valence-corrected chi connectivity index (χ2v) is 6.91. The van der Waals surface area contributed by atoms with Gasteiger partial charge in [-0.15, -0.1) is 11.3 Å². The second-order valence-electron chi connectivity index (χ2n) is 5.82. The standard InChI is InChI=1S/C20H17NO4S/c1-12(22)14-7-5-8-16(10-14)21-19(23)13(2)25-20(24)18-11-15-6-3-4-9-17(15)26-18/h3-11,13H,1-2H3,(H,21,23)/t13-/m1/s1. The minimum atomic E-state index is -0.964. The molecule has 132 valence electrons. The van der Waals surface area contributed by atoms with Gasteiger partial charge in [-0.25, -0.2) is 4.79 Å². The minimum Gasteiger partial charge on any atom is -0.448 e. The van der Waals surface area contributed by atoms with Crippen molar-refractivity contribution in [2.24, 2.45) is 0 Å². The molecule has 1 aromatic heterocycles. The lowest BCUT2D eigenvalue weighted by Gasteiger charge is -2.13.